The average Bonchev–Trinajstić information content (AvgIpc) is 3.12. The Morgan fingerprint density at radius 3 is 2.92 bits per heavy atom. The van der Waals surface area contributed by atoms with Crippen molar-refractivity contribution in [3.63, 3.8) is 0 Å². The number of piperidine rings is 1. The quantitative estimate of drug-likeness (QED) is 0.781. The highest BCUT2D eigenvalue weighted by Gasteiger charge is 2.21. The largest absolute Gasteiger partial charge is 0.356 e. The van der Waals surface area contributed by atoms with E-state index in [9.17, 15) is 4.79 Å². The van der Waals surface area contributed by atoms with Crippen LogP contribution < -0.4 is 10.6 Å². The topological polar surface area (TPSA) is 59.0 Å². The molecule has 3 rings (SSSR count). The third-order valence-corrected chi connectivity index (χ3v) is 5.04. The summed E-state index contributed by atoms with van der Waals surface area (Å²) in [6, 6.07) is 10.0. The summed E-state index contributed by atoms with van der Waals surface area (Å²) in [5, 5.41) is 10.9. The molecule has 2 aromatic rings. The maximum absolute atomic E-state index is 12.2. The highest BCUT2D eigenvalue weighted by molar-refractivity contribution is 5.85. The summed E-state index contributed by atoms with van der Waals surface area (Å²) >= 11 is 0. The minimum absolute atomic E-state index is 0. The molecule has 0 spiro atoms. The van der Waals surface area contributed by atoms with E-state index >= 15 is 0 Å². The first-order valence-corrected chi connectivity index (χ1v) is 9.29. The third-order valence-electron chi connectivity index (χ3n) is 5.04. The van der Waals surface area contributed by atoms with E-state index in [1.54, 1.807) is 0 Å². The molecule has 0 radical (unpaired) electrons. The molecule has 0 saturated carbocycles. The molecule has 6 heteroatoms. The van der Waals surface area contributed by atoms with Crippen LogP contribution in [0.25, 0.3) is 5.69 Å². The van der Waals surface area contributed by atoms with Gasteiger partial charge in [-0.3, -0.25) is 4.79 Å². The molecule has 2 N–H and O–H groups in total. The van der Waals surface area contributed by atoms with Crippen LogP contribution in [-0.2, 0) is 11.2 Å². The summed E-state index contributed by atoms with van der Waals surface area (Å²) in [4.78, 5) is 12.2. The van der Waals surface area contributed by atoms with Crippen molar-refractivity contribution < 1.29 is 4.79 Å². The number of amides is 1. The van der Waals surface area contributed by atoms with Gasteiger partial charge in [0.25, 0.3) is 0 Å². The van der Waals surface area contributed by atoms with E-state index in [-0.39, 0.29) is 18.3 Å². The summed E-state index contributed by atoms with van der Waals surface area (Å²) in [7, 11) is 0. The summed E-state index contributed by atoms with van der Waals surface area (Å²) in [5.41, 5.74) is 2.18. The molecule has 1 fully saturated rings. The van der Waals surface area contributed by atoms with Gasteiger partial charge in [0.05, 0.1) is 11.9 Å². The van der Waals surface area contributed by atoms with Crippen molar-refractivity contribution in [2.75, 3.05) is 19.6 Å². The Bertz CT molecular complexity index is 667. The van der Waals surface area contributed by atoms with Gasteiger partial charge in [-0.15, -0.1) is 12.4 Å². The van der Waals surface area contributed by atoms with E-state index in [1.807, 2.05) is 47.4 Å². The predicted octanol–water partition coefficient (Wildman–Crippen LogP) is 2.98. The number of carbonyl (C=O) groups excluding carboxylic acids is 1. The maximum atomic E-state index is 12.2. The number of carbonyl (C=O) groups is 1. The Kier molecular flexibility index (Phi) is 8.13. The van der Waals surface area contributed by atoms with Crippen LogP contribution in [-0.4, -0.2) is 35.3 Å². The molecule has 2 atom stereocenters. The van der Waals surface area contributed by atoms with Gasteiger partial charge in [0.2, 0.25) is 5.91 Å². The molecule has 2 unspecified atom stereocenters. The lowest BCUT2D eigenvalue weighted by atomic mass is 9.85. The number of nitrogens with zero attached hydrogens (tertiary/aromatic N) is 2. The first-order chi connectivity index (χ1) is 12.2. The van der Waals surface area contributed by atoms with Crippen LogP contribution in [0.4, 0.5) is 0 Å². The SMILES string of the molecule is CC(CC(=O)NCCc1cnn(-c2ccccc2)c1)C1CCCNC1.Cl. The molecular formula is C20H29ClN4O. The monoisotopic (exact) mass is 376 g/mol. The molecule has 1 amide bonds. The Hall–Kier alpha value is -1.85. The minimum atomic E-state index is 0. The van der Waals surface area contributed by atoms with Crippen molar-refractivity contribution in [2.45, 2.75) is 32.6 Å². The minimum Gasteiger partial charge on any atom is -0.356 e. The van der Waals surface area contributed by atoms with Crippen LogP contribution in [0.5, 0.6) is 0 Å². The molecule has 0 bridgehead atoms. The highest BCUT2D eigenvalue weighted by atomic mass is 35.5. The van der Waals surface area contributed by atoms with Crippen molar-refractivity contribution >= 4 is 18.3 Å². The second kappa shape index (κ2) is 10.3. The van der Waals surface area contributed by atoms with E-state index < -0.39 is 0 Å². The van der Waals surface area contributed by atoms with Gasteiger partial charge in [-0.05, 0) is 61.9 Å². The standard InChI is InChI=1S/C20H28N4O.ClH/c1-16(18-6-5-10-21-14-18)12-20(25)22-11-9-17-13-23-24(15-17)19-7-3-2-4-8-19;/h2-4,7-8,13,15-16,18,21H,5-6,9-12,14H2,1H3,(H,22,25);1H. The molecule has 1 aromatic carbocycles. The molecule has 1 aliphatic rings. The Balaban J connectivity index is 0.00000243. The first kappa shape index (κ1) is 20.5. The molecule has 2 heterocycles. The van der Waals surface area contributed by atoms with Crippen LogP contribution in [0, 0.1) is 11.8 Å². The van der Waals surface area contributed by atoms with Crippen molar-refractivity contribution in [3.05, 3.63) is 48.3 Å². The molecular weight excluding hydrogens is 348 g/mol. The van der Waals surface area contributed by atoms with Gasteiger partial charge in [0, 0.05) is 19.2 Å². The highest BCUT2D eigenvalue weighted by Crippen LogP contribution is 2.22. The number of hydrogen-bond acceptors (Lipinski definition) is 3. The zero-order valence-corrected chi connectivity index (χ0v) is 16.2. The second-order valence-electron chi connectivity index (χ2n) is 7.02. The van der Waals surface area contributed by atoms with Crippen LogP contribution in [0.2, 0.25) is 0 Å². The van der Waals surface area contributed by atoms with Crippen molar-refractivity contribution in [1.82, 2.24) is 20.4 Å². The fraction of sp³-hybridized carbons (Fsp3) is 0.500. The molecule has 1 aliphatic heterocycles. The first-order valence-electron chi connectivity index (χ1n) is 9.29. The Morgan fingerprint density at radius 1 is 1.38 bits per heavy atom. The zero-order chi connectivity index (χ0) is 17.5. The summed E-state index contributed by atoms with van der Waals surface area (Å²) < 4.78 is 1.87. The molecule has 0 aliphatic carbocycles. The lowest BCUT2D eigenvalue weighted by molar-refractivity contribution is -0.122. The van der Waals surface area contributed by atoms with Crippen LogP contribution >= 0.6 is 12.4 Å². The smallest absolute Gasteiger partial charge is 0.220 e. The third kappa shape index (κ3) is 5.85. The normalized spacial score (nSPS) is 18.0. The number of aromatic nitrogens is 2. The van der Waals surface area contributed by atoms with E-state index in [2.05, 4.69) is 22.7 Å². The van der Waals surface area contributed by atoms with Gasteiger partial charge < -0.3 is 10.6 Å². The van der Waals surface area contributed by atoms with Gasteiger partial charge >= 0.3 is 0 Å². The maximum Gasteiger partial charge on any atom is 0.220 e. The summed E-state index contributed by atoms with van der Waals surface area (Å²) in [5.74, 6) is 1.23. The zero-order valence-electron chi connectivity index (χ0n) is 15.4. The predicted molar refractivity (Wildman–Crippen MR) is 107 cm³/mol. The van der Waals surface area contributed by atoms with Crippen LogP contribution in [0.15, 0.2) is 42.7 Å². The lowest BCUT2D eigenvalue weighted by Gasteiger charge is -2.28. The molecule has 1 saturated heterocycles. The van der Waals surface area contributed by atoms with E-state index in [4.69, 9.17) is 0 Å². The van der Waals surface area contributed by atoms with E-state index in [0.29, 0.717) is 24.8 Å². The fourth-order valence-corrected chi connectivity index (χ4v) is 3.45. The molecule has 142 valence electrons. The average molecular weight is 377 g/mol. The van der Waals surface area contributed by atoms with E-state index in [1.165, 1.54) is 12.8 Å². The van der Waals surface area contributed by atoms with Gasteiger partial charge in [0.15, 0.2) is 0 Å². The summed E-state index contributed by atoms with van der Waals surface area (Å²) in [6.07, 6.45) is 7.78. The Morgan fingerprint density at radius 2 is 2.19 bits per heavy atom. The number of halogens is 1. The van der Waals surface area contributed by atoms with Gasteiger partial charge in [-0.25, -0.2) is 4.68 Å². The van der Waals surface area contributed by atoms with Crippen LogP contribution in [0.3, 0.4) is 0 Å². The number of hydrogen-bond donors (Lipinski definition) is 2. The van der Waals surface area contributed by atoms with Crippen molar-refractivity contribution in [3.8, 4) is 5.69 Å². The number of rotatable bonds is 7. The summed E-state index contributed by atoms with van der Waals surface area (Å²) in [6.45, 7) is 5.02. The fourth-order valence-electron chi connectivity index (χ4n) is 3.45. The van der Waals surface area contributed by atoms with Crippen molar-refractivity contribution in [1.29, 1.82) is 0 Å². The van der Waals surface area contributed by atoms with E-state index in [0.717, 1.165) is 30.8 Å². The van der Waals surface area contributed by atoms with Gasteiger partial charge in [-0.2, -0.15) is 5.10 Å². The lowest BCUT2D eigenvalue weighted by Crippen LogP contribution is -2.35. The van der Waals surface area contributed by atoms with Gasteiger partial charge in [-0.1, -0.05) is 25.1 Å². The number of nitrogens with one attached hydrogen (secondary N) is 2. The van der Waals surface area contributed by atoms with Crippen molar-refractivity contribution in [2.24, 2.45) is 11.8 Å². The van der Waals surface area contributed by atoms with Crippen LogP contribution in [0.1, 0.15) is 31.7 Å². The van der Waals surface area contributed by atoms with Gasteiger partial charge in [0.1, 0.15) is 0 Å². The molecule has 1 aromatic heterocycles. The Labute approximate surface area is 162 Å². The number of benzene rings is 1. The number of para-hydroxylation sites is 1. The molecule has 26 heavy (non-hydrogen) atoms. The molecule has 5 nitrogen and oxygen atoms in total. The second-order valence-corrected chi connectivity index (χ2v) is 7.02.